The molecule has 0 heterocycles. The van der Waals surface area contributed by atoms with Crippen molar-refractivity contribution in [3.8, 4) is 11.5 Å². The van der Waals surface area contributed by atoms with E-state index in [-0.39, 0.29) is 22.0 Å². The van der Waals surface area contributed by atoms with E-state index in [2.05, 4.69) is 5.32 Å². The lowest BCUT2D eigenvalue weighted by molar-refractivity contribution is 0.0950. The molecule has 2 aromatic rings. The third kappa shape index (κ3) is 5.01. The normalized spacial score (nSPS) is 11.4. The number of rotatable bonds is 9. The highest BCUT2D eigenvalue weighted by molar-refractivity contribution is 7.89. The van der Waals surface area contributed by atoms with E-state index in [0.717, 1.165) is 0 Å². The molecule has 0 saturated carbocycles. The molecule has 158 valence electrons. The molecule has 0 spiro atoms. The molecule has 0 unspecified atom stereocenters. The van der Waals surface area contributed by atoms with Crippen LogP contribution in [0.5, 0.6) is 11.5 Å². The molecule has 2 rings (SSSR count). The van der Waals surface area contributed by atoms with Gasteiger partial charge in [0.05, 0.1) is 29.7 Å². The van der Waals surface area contributed by atoms with Crippen molar-refractivity contribution in [1.29, 1.82) is 0 Å². The largest absolute Gasteiger partial charge is 0.493 e. The molecular formula is C20H25ClN2O5S. The average Bonchev–Trinajstić information content (AvgIpc) is 2.72. The quantitative estimate of drug-likeness (QED) is 0.646. The standard InChI is InChI=1S/C20H25ClN2O5S/c1-5-23(6-2)29(25,26)15-10-11-17(21)16(12-15)20(24)22-13-14-8-7-9-18(27-3)19(14)28-4/h7-12H,5-6,13H2,1-4H3,(H,22,24). The average molecular weight is 441 g/mol. The van der Waals surface area contributed by atoms with Gasteiger partial charge < -0.3 is 14.8 Å². The van der Waals surface area contributed by atoms with Gasteiger partial charge in [-0.2, -0.15) is 4.31 Å². The Hall–Kier alpha value is -2.29. The van der Waals surface area contributed by atoms with Gasteiger partial charge in [-0.25, -0.2) is 8.42 Å². The number of halogens is 1. The first kappa shape index (κ1) is 23.0. The predicted molar refractivity (Wildman–Crippen MR) is 112 cm³/mol. The number of benzene rings is 2. The van der Waals surface area contributed by atoms with Gasteiger partial charge in [0.2, 0.25) is 10.0 Å². The summed E-state index contributed by atoms with van der Waals surface area (Å²) in [5, 5.41) is 2.92. The molecule has 0 saturated heterocycles. The lowest BCUT2D eigenvalue weighted by Gasteiger charge is -2.19. The van der Waals surface area contributed by atoms with E-state index in [1.807, 2.05) is 0 Å². The molecule has 0 atom stereocenters. The summed E-state index contributed by atoms with van der Waals surface area (Å²) in [4.78, 5) is 12.7. The van der Waals surface area contributed by atoms with Crippen molar-refractivity contribution in [2.24, 2.45) is 0 Å². The maximum atomic E-state index is 12.7. The van der Waals surface area contributed by atoms with Crippen LogP contribution in [0.1, 0.15) is 29.8 Å². The van der Waals surface area contributed by atoms with E-state index < -0.39 is 15.9 Å². The Morgan fingerprint density at radius 2 is 1.79 bits per heavy atom. The molecule has 29 heavy (non-hydrogen) atoms. The Bertz CT molecular complexity index is 975. The van der Waals surface area contributed by atoms with Gasteiger partial charge in [-0.1, -0.05) is 37.6 Å². The number of hydrogen-bond donors (Lipinski definition) is 1. The zero-order chi connectivity index (χ0) is 21.6. The molecule has 2 aromatic carbocycles. The number of para-hydroxylation sites is 1. The van der Waals surface area contributed by atoms with Gasteiger partial charge in [0, 0.05) is 25.2 Å². The van der Waals surface area contributed by atoms with Crippen LogP contribution >= 0.6 is 11.6 Å². The van der Waals surface area contributed by atoms with Gasteiger partial charge in [-0.3, -0.25) is 4.79 Å². The summed E-state index contributed by atoms with van der Waals surface area (Å²) >= 11 is 6.16. The second kappa shape index (κ2) is 9.96. The fourth-order valence-electron chi connectivity index (χ4n) is 2.92. The lowest BCUT2D eigenvalue weighted by Crippen LogP contribution is -2.31. The molecule has 1 amide bonds. The number of hydrogen-bond acceptors (Lipinski definition) is 5. The predicted octanol–water partition coefficient (Wildman–Crippen LogP) is 3.32. The maximum absolute atomic E-state index is 12.7. The van der Waals surface area contributed by atoms with Crippen LogP contribution in [0, 0.1) is 0 Å². The number of nitrogens with one attached hydrogen (secondary N) is 1. The molecule has 7 nitrogen and oxygen atoms in total. The Morgan fingerprint density at radius 3 is 2.38 bits per heavy atom. The van der Waals surface area contributed by atoms with Crippen molar-refractivity contribution in [3.63, 3.8) is 0 Å². The summed E-state index contributed by atoms with van der Waals surface area (Å²) in [5.74, 6) is 0.570. The van der Waals surface area contributed by atoms with Crippen molar-refractivity contribution >= 4 is 27.5 Å². The van der Waals surface area contributed by atoms with Crippen LogP contribution in [0.25, 0.3) is 0 Å². The number of sulfonamides is 1. The van der Waals surface area contributed by atoms with Crippen LogP contribution in [-0.2, 0) is 16.6 Å². The molecule has 0 bridgehead atoms. The number of nitrogens with zero attached hydrogens (tertiary/aromatic N) is 1. The SMILES string of the molecule is CCN(CC)S(=O)(=O)c1ccc(Cl)c(C(=O)NCc2cccc(OC)c2OC)c1. The monoisotopic (exact) mass is 440 g/mol. The van der Waals surface area contributed by atoms with E-state index in [4.69, 9.17) is 21.1 Å². The van der Waals surface area contributed by atoms with Crippen molar-refractivity contribution in [1.82, 2.24) is 9.62 Å². The molecule has 0 aliphatic carbocycles. The van der Waals surface area contributed by atoms with Gasteiger partial charge in [0.25, 0.3) is 5.91 Å². The number of amides is 1. The van der Waals surface area contributed by atoms with Crippen LogP contribution < -0.4 is 14.8 Å². The van der Waals surface area contributed by atoms with Crippen LogP contribution in [0.3, 0.4) is 0 Å². The van der Waals surface area contributed by atoms with Gasteiger partial charge in [-0.05, 0) is 24.3 Å². The molecule has 0 aliphatic heterocycles. The molecule has 9 heteroatoms. The summed E-state index contributed by atoms with van der Waals surface area (Å²) in [6, 6.07) is 9.45. The van der Waals surface area contributed by atoms with Gasteiger partial charge in [0.1, 0.15) is 0 Å². The first-order valence-corrected chi connectivity index (χ1v) is 10.9. The maximum Gasteiger partial charge on any atom is 0.253 e. The molecular weight excluding hydrogens is 416 g/mol. The van der Waals surface area contributed by atoms with Crippen molar-refractivity contribution in [2.45, 2.75) is 25.3 Å². The number of carbonyl (C=O) groups excluding carboxylic acids is 1. The van der Waals surface area contributed by atoms with Crippen LogP contribution in [0.2, 0.25) is 5.02 Å². The Balaban J connectivity index is 2.29. The second-order valence-corrected chi connectivity index (χ2v) is 8.41. The van der Waals surface area contributed by atoms with Crippen molar-refractivity contribution in [3.05, 3.63) is 52.5 Å². The van der Waals surface area contributed by atoms with Gasteiger partial charge in [0.15, 0.2) is 11.5 Å². The van der Waals surface area contributed by atoms with Crippen molar-refractivity contribution < 1.29 is 22.7 Å². The highest BCUT2D eigenvalue weighted by Crippen LogP contribution is 2.30. The van der Waals surface area contributed by atoms with E-state index in [1.54, 1.807) is 32.0 Å². The minimum atomic E-state index is -3.70. The summed E-state index contributed by atoms with van der Waals surface area (Å²) in [7, 11) is -0.658. The van der Waals surface area contributed by atoms with E-state index in [0.29, 0.717) is 30.2 Å². The number of methoxy groups -OCH3 is 2. The number of ether oxygens (including phenoxy) is 2. The van der Waals surface area contributed by atoms with Gasteiger partial charge >= 0.3 is 0 Å². The fraction of sp³-hybridized carbons (Fsp3) is 0.350. The van der Waals surface area contributed by atoms with E-state index in [1.165, 1.54) is 36.7 Å². The summed E-state index contributed by atoms with van der Waals surface area (Å²) in [6.07, 6.45) is 0. The van der Waals surface area contributed by atoms with E-state index in [9.17, 15) is 13.2 Å². The Labute approximate surface area is 176 Å². The third-order valence-electron chi connectivity index (χ3n) is 4.45. The molecule has 1 N–H and O–H groups in total. The summed E-state index contributed by atoms with van der Waals surface area (Å²) in [5.41, 5.74) is 0.796. The zero-order valence-corrected chi connectivity index (χ0v) is 18.4. The zero-order valence-electron chi connectivity index (χ0n) is 16.9. The Kier molecular flexibility index (Phi) is 7.89. The highest BCUT2D eigenvalue weighted by Gasteiger charge is 2.24. The Morgan fingerprint density at radius 1 is 1.10 bits per heavy atom. The fourth-order valence-corrected chi connectivity index (χ4v) is 4.60. The second-order valence-electron chi connectivity index (χ2n) is 6.07. The number of carbonyl (C=O) groups is 1. The topological polar surface area (TPSA) is 84.9 Å². The first-order chi connectivity index (χ1) is 13.8. The highest BCUT2D eigenvalue weighted by atomic mass is 35.5. The van der Waals surface area contributed by atoms with Crippen LogP contribution in [-0.4, -0.2) is 45.9 Å². The molecule has 0 radical (unpaired) electrons. The van der Waals surface area contributed by atoms with E-state index >= 15 is 0 Å². The van der Waals surface area contributed by atoms with Gasteiger partial charge in [-0.15, -0.1) is 0 Å². The van der Waals surface area contributed by atoms with Crippen LogP contribution in [0.4, 0.5) is 0 Å². The molecule has 0 aromatic heterocycles. The third-order valence-corrected chi connectivity index (χ3v) is 6.83. The minimum Gasteiger partial charge on any atom is -0.493 e. The first-order valence-electron chi connectivity index (χ1n) is 9.07. The summed E-state index contributed by atoms with van der Waals surface area (Å²) < 4.78 is 37.4. The summed E-state index contributed by atoms with van der Waals surface area (Å²) in [6.45, 7) is 4.33. The van der Waals surface area contributed by atoms with Crippen molar-refractivity contribution in [2.75, 3.05) is 27.3 Å². The molecule has 0 fully saturated rings. The smallest absolute Gasteiger partial charge is 0.253 e. The molecule has 0 aliphatic rings. The van der Waals surface area contributed by atoms with Crippen LogP contribution in [0.15, 0.2) is 41.3 Å². The minimum absolute atomic E-state index is 0.0229. The lowest BCUT2D eigenvalue weighted by atomic mass is 10.1.